The average Bonchev–Trinajstić information content (AvgIpc) is 3.44. The minimum Gasteiger partial charge on any atom is -0.544 e. The topological polar surface area (TPSA) is 89.8 Å². The zero-order chi connectivity index (χ0) is 27.1. The number of hydrogen-bond acceptors (Lipinski definition) is 5. The number of benzene rings is 2. The van der Waals surface area contributed by atoms with Gasteiger partial charge in [0.05, 0.1) is 9.82 Å². The standard InChI is InChI=1S/C28H36N2O5SSi/c1-19(2)37(20(3)4,21(5)6)35-27-18-26(22-10-8-7-9-11-22)25-16-17-29(28(25)27)36(33,34)24-14-12-23(13-15-24)30(31)32/h7-21,25-26,28H,1-6H3/t25-,26?,28-/m1/s1. The van der Waals surface area contributed by atoms with Gasteiger partial charge < -0.3 is 4.43 Å². The van der Waals surface area contributed by atoms with Gasteiger partial charge >= 0.3 is 0 Å². The Bertz CT molecular complexity index is 1280. The smallest absolute Gasteiger partial charge is 0.269 e. The highest BCUT2D eigenvalue weighted by Crippen LogP contribution is 2.51. The summed E-state index contributed by atoms with van der Waals surface area (Å²) in [6, 6.07) is 14.7. The number of fused-ring (bicyclic) bond motifs is 1. The van der Waals surface area contributed by atoms with Crippen molar-refractivity contribution in [2.75, 3.05) is 0 Å². The Kier molecular flexibility index (Phi) is 7.40. The maximum Gasteiger partial charge on any atom is 0.269 e. The number of hydrogen-bond donors (Lipinski definition) is 0. The molecule has 1 unspecified atom stereocenters. The van der Waals surface area contributed by atoms with Crippen LogP contribution in [0.3, 0.4) is 0 Å². The summed E-state index contributed by atoms with van der Waals surface area (Å²) in [6.45, 7) is 13.3. The highest BCUT2D eigenvalue weighted by molar-refractivity contribution is 7.89. The number of nitro groups is 1. The Morgan fingerprint density at radius 2 is 1.49 bits per heavy atom. The molecule has 0 saturated carbocycles. The van der Waals surface area contributed by atoms with E-state index in [1.807, 2.05) is 24.3 Å². The molecule has 2 aromatic rings. The number of nitrogens with zero attached hydrogens (tertiary/aromatic N) is 2. The predicted molar refractivity (Wildman–Crippen MR) is 148 cm³/mol. The minimum absolute atomic E-state index is 0.0194. The first-order valence-electron chi connectivity index (χ1n) is 12.8. The second-order valence-electron chi connectivity index (χ2n) is 10.9. The maximum atomic E-state index is 13.8. The largest absolute Gasteiger partial charge is 0.544 e. The van der Waals surface area contributed by atoms with Gasteiger partial charge in [0.25, 0.3) is 24.0 Å². The van der Waals surface area contributed by atoms with Crippen LogP contribution in [0.4, 0.5) is 5.69 Å². The fraction of sp³-hybridized carbons (Fsp3) is 0.429. The van der Waals surface area contributed by atoms with E-state index in [4.69, 9.17) is 4.43 Å². The van der Waals surface area contributed by atoms with Crippen molar-refractivity contribution >= 4 is 24.0 Å². The Morgan fingerprint density at radius 1 is 0.919 bits per heavy atom. The lowest BCUT2D eigenvalue weighted by molar-refractivity contribution is -0.384. The third-order valence-corrected chi connectivity index (χ3v) is 15.7. The molecule has 4 rings (SSSR count). The van der Waals surface area contributed by atoms with E-state index in [9.17, 15) is 18.5 Å². The van der Waals surface area contributed by atoms with Gasteiger partial charge in [0.2, 0.25) is 0 Å². The van der Waals surface area contributed by atoms with Gasteiger partial charge in [-0.25, -0.2) is 8.42 Å². The third kappa shape index (κ3) is 4.63. The van der Waals surface area contributed by atoms with Crippen LogP contribution < -0.4 is 0 Å². The highest BCUT2D eigenvalue weighted by atomic mass is 32.2. The van der Waals surface area contributed by atoms with Crippen molar-refractivity contribution in [2.24, 2.45) is 5.92 Å². The van der Waals surface area contributed by atoms with Crippen LogP contribution in [0.5, 0.6) is 0 Å². The van der Waals surface area contributed by atoms with Crippen LogP contribution in [0.2, 0.25) is 16.6 Å². The zero-order valence-electron chi connectivity index (χ0n) is 22.2. The molecule has 0 N–H and O–H groups in total. The molecule has 1 heterocycles. The zero-order valence-corrected chi connectivity index (χ0v) is 24.1. The molecule has 0 amide bonds. The number of non-ortho nitro benzene ring substituents is 1. The minimum atomic E-state index is -3.97. The molecular formula is C28H36N2O5SSi. The third-order valence-electron chi connectivity index (χ3n) is 7.95. The number of nitro benzene ring substituents is 1. The van der Waals surface area contributed by atoms with Gasteiger partial charge in [-0.3, -0.25) is 14.4 Å². The number of sulfonamides is 1. The van der Waals surface area contributed by atoms with Gasteiger partial charge in [-0.2, -0.15) is 0 Å². The fourth-order valence-corrected chi connectivity index (χ4v) is 13.1. The van der Waals surface area contributed by atoms with Crippen LogP contribution in [0.25, 0.3) is 0 Å². The molecule has 1 aliphatic heterocycles. The van der Waals surface area contributed by atoms with E-state index in [1.165, 1.54) is 28.6 Å². The van der Waals surface area contributed by atoms with Crippen LogP contribution in [0.1, 0.15) is 53.0 Å². The Labute approximate surface area is 221 Å². The van der Waals surface area contributed by atoms with Gasteiger partial charge in [-0.1, -0.05) is 78.0 Å². The molecule has 2 aromatic carbocycles. The fourth-order valence-electron chi connectivity index (χ4n) is 6.31. The summed E-state index contributed by atoms with van der Waals surface area (Å²) < 4.78 is 36.2. The Hall–Kier alpha value is -2.91. The summed E-state index contributed by atoms with van der Waals surface area (Å²) in [6.07, 6.45) is 5.73. The molecule has 1 aliphatic carbocycles. The maximum absolute atomic E-state index is 13.8. The van der Waals surface area contributed by atoms with Gasteiger partial charge in [-0.15, -0.1) is 0 Å². The van der Waals surface area contributed by atoms with E-state index < -0.39 is 29.3 Å². The molecule has 0 radical (unpaired) electrons. The summed E-state index contributed by atoms with van der Waals surface area (Å²) in [4.78, 5) is 10.6. The van der Waals surface area contributed by atoms with Gasteiger partial charge in [0.15, 0.2) is 0 Å². The molecule has 0 bridgehead atoms. The molecule has 198 valence electrons. The van der Waals surface area contributed by atoms with E-state index in [0.29, 0.717) is 16.6 Å². The molecule has 7 nitrogen and oxygen atoms in total. The summed E-state index contributed by atoms with van der Waals surface area (Å²) >= 11 is 0. The van der Waals surface area contributed by atoms with Gasteiger partial charge in [0, 0.05) is 30.2 Å². The Morgan fingerprint density at radius 3 is 2.00 bits per heavy atom. The molecular weight excluding hydrogens is 504 g/mol. The van der Waals surface area contributed by atoms with Crippen LogP contribution in [-0.4, -0.2) is 32.0 Å². The van der Waals surface area contributed by atoms with Crippen molar-refractivity contribution in [2.45, 2.75) is 75.0 Å². The summed E-state index contributed by atoms with van der Waals surface area (Å²) in [5, 5.41) is 11.1. The van der Waals surface area contributed by atoms with Crippen LogP contribution in [-0.2, 0) is 14.4 Å². The highest BCUT2D eigenvalue weighted by Gasteiger charge is 2.53. The normalized spacial score (nSPS) is 21.6. The van der Waals surface area contributed by atoms with Crippen molar-refractivity contribution in [3.05, 3.63) is 94.4 Å². The van der Waals surface area contributed by atoms with E-state index in [2.05, 4.69) is 59.8 Å². The summed E-state index contributed by atoms with van der Waals surface area (Å²) in [5.41, 5.74) is 1.95. The second-order valence-corrected chi connectivity index (χ2v) is 18.1. The quantitative estimate of drug-likeness (QED) is 0.195. The molecule has 0 aromatic heterocycles. The first kappa shape index (κ1) is 27.1. The predicted octanol–water partition coefficient (Wildman–Crippen LogP) is 6.97. The first-order valence-corrected chi connectivity index (χ1v) is 16.4. The van der Waals surface area contributed by atoms with Crippen LogP contribution in [0.15, 0.2) is 83.6 Å². The van der Waals surface area contributed by atoms with E-state index >= 15 is 0 Å². The SMILES string of the molecule is CC(C)[Si](OC1=CC(c2ccccc2)[C@H]2C=CN(S(=O)(=O)c3ccc([N+](=O)[O-])cc3)[C@@H]12)(C(C)C)C(C)C. The van der Waals surface area contributed by atoms with Crippen LogP contribution in [0, 0.1) is 16.0 Å². The summed E-state index contributed by atoms with van der Waals surface area (Å²) in [5.74, 6) is 0.591. The van der Waals surface area contributed by atoms with Gasteiger partial charge in [-0.05, 0) is 40.4 Å². The lowest BCUT2D eigenvalue weighted by Crippen LogP contribution is -2.49. The number of rotatable bonds is 9. The lowest BCUT2D eigenvalue weighted by atomic mass is 9.88. The van der Waals surface area contributed by atoms with Crippen molar-refractivity contribution in [1.29, 1.82) is 0 Å². The van der Waals surface area contributed by atoms with Crippen molar-refractivity contribution in [1.82, 2.24) is 4.31 Å². The molecule has 0 fully saturated rings. The molecule has 9 heteroatoms. The second kappa shape index (κ2) is 10.1. The molecule has 2 aliphatic rings. The number of allylic oxidation sites excluding steroid dienone is 1. The van der Waals surface area contributed by atoms with Crippen molar-refractivity contribution in [3.63, 3.8) is 0 Å². The monoisotopic (exact) mass is 540 g/mol. The molecule has 0 spiro atoms. The first-order chi connectivity index (χ1) is 17.4. The lowest BCUT2D eigenvalue weighted by Gasteiger charge is -2.44. The average molecular weight is 541 g/mol. The molecule has 0 saturated heterocycles. The van der Waals surface area contributed by atoms with E-state index in [-0.39, 0.29) is 22.4 Å². The molecule has 37 heavy (non-hydrogen) atoms. The Balaban J connectivity index is 1.79. The van der Waals surface area contributed by atoms with Crippen molar-refractivity contribution in [3.8, 4) is 0 Å². The van der Waals surface area contributed by atoms with Gasteiger partial charge in [0.1, 0.15) is 11.8 Å². The van der Waals surface area contributed by atoms with E-state index in [0.717, 1.165) is 11.3 Å². The van der Waals surface area contributed by atoms with Crippen molar-refractivity contribution < 1.29 is 17.8 Å². The van der Waals surface area contributed by atoms with E-state index in [1.54, 1.807) is 6.20 Å². The molecule has 3 atom stereocenters. The summed E-state index contributed by atoms with van der Waals surface area (Å²) in [7, 11) is -6.34. The van der Waals surface area contributed by atoms with Crippen LogP contribution >= 0.6 is 0 Å².